The van der Waals surface area contributed by atoms with Gasteiger partial charge in [-0.25, -0.2) is 0 Å². The highest BCUT2D eigenvalue weighted by molar-refractivity contribution is 8.00. The van der Waals surface area contributed by atoms with Gasteiger partial charge < -0.3 is 11.1 Å². The second kappa shape index (κ2) is 5.45. The Kier molecular flexibility index (Phi) is 3.94. The molecule has 0 radical (unpaired) electrons. The predicted octanol–water partition coefficient (Wildman–Crippen LogP) is 2.34. The lowest BCUT2D eigenvalue weighted by atomic mass is 10.2. The van der Waals surface area contributed by atoms with Crippen LogP contribution >= 0.6 is 11.8 Å². The second-order valence-electron chi connectivity index (χ2n) is 4.45. The number of nitrogen functional groups attached to an aromatic ring is 1. The van der Waals surface area contributed by atoms with Gasteiger partial charge in [0, 0.05) is 28.8 Å². The van der Waals surface area contributed by atoms with Crippen LogP contribution in [0.3, 0.4) is 0 Å². The second-order valence-corrected chi connectivity index (χ2v) is 5.83. The van der Waals surface area contributed by atoms with E-state index in [1.807, 2.05) is 19.1 Å². The van der Waals surface area contributed by atoms with Crippen LogP contribution in [0.1, 0.15) is 24.8 Å². The van der Waals surface area contributed by atoms with Crippen LogP contribution in [0.2, 0.25) is 0 Å². The fourth-order valence-electron chi connectivity index (χ4n) is 1.95. The predicted molar refractivity (Wildman–Crippen MR) is 72.1 cm³/mol. The van der Waals surface area contributed by atoms with Gasteiger partial charge in [-0.2, -0.15) is 0 Å². The van der Waals surface area contributed by atoms with E-state index in [-0.39, 0.29) is 5.91 Å². The van der Waals surface area contributed by atoms with E-state index in [2.05, 4.69) is 11.4 Å². The Bertz CT molecular complexity index is 420. The van der Waals surface area contributed by atoms with Gasteiger partial charge in [0.2, 0.25) is 5.91 Å². The smallest absolute Gasteiger partial charge is 0.221 e. The summed E-state index contributed by atoms with van der Waals surface area (Å²) in [4.78, 5) is 12.7. The molecule has 3 N–H and O–H groups in total. The molecule has 3 nitrogen and oxygen atoms in total. The van der Waals surface area contributed by atoms with Crippen LogP contribution in [0.5, 0.6) is 0 Å². The molecule has 1 aromatic rings. The zero-order chi connectivity index (χ0) is 12.3. The molecule has 1 heterocycles. The van der Waals surface area contributed by atoms with Crippen molar-refractivity contribution in [2.75, 3.05) is 12.3 Å². The SMILES string of the molecule is Cc1cc(SC2CCCNC(=O)C2)ccc1N. The summed E-state index contributed by atoms with van der Waals surface area (Å²) in [6, 6.07) is 6.08. The minimum atomic E-state index is 0.173. The number of nitrogens with one attached hydrogen (secondary N) is 1. The Morgan fingerprint density at radius 1 is 1.47 bits per heavy atom. The zero-order valence-electron chi connectivity index (χ0n) is 10.0. The Morgan fingerprint density at radius 3 is 3.06 bits per heavy atom. The molecule has 1 aliphatic rings. The summed E-state index contributed by atoms with van der Waals surface area (Å²) in [6.07, 6.45) is 2.78. The van der Waals surface area contributed by atoms with Gasteiger partial charge in [-0.3, -0.25) is 4.79 Å². The third-order valence-corrected chi connectivity index (χ3v) is 4.24. The van der Waals surface area contributed by atoms with Gasteiger partial charge in [0.15, 0.2) is 0 Å². The summed E-state index contributed by atoms with van der Waals surface area (Å²) in [7, 11) is 0. The summed E-state index contributed by atoms with van der Waals surface area (Å²) in [5, 5.41) is 3.30. The van der Waals surface area contributed by atoms with E-state index < -0.39 is 0 Å². The van der Waals surface area contributed by atoms with Gasteiger partial charge in [0.05, 0.1) is 0 Å². The monoisotopic (exact) mass is 250 g/mol. The first-order chi connectivity index (χ1) is 8.15. The minimum absolute atomic E-state index is 0.173. The van der Waals surface area contributed by atoms with Gasteiger partial charge in [-0.15, -0.1) is 11.8 Å². The summed E-state index contributed by atoms with van der Waals surface area (Å²) in [5.41, 5.74) is 7.73. The number of thioether (sulfide) groups is 1. The fraction of sp³-hybridized carbons (Fsp3) is 0.462. The maximum absolute atomic E-state index is 11.5. The van der Waals surface area contributed by atoms with E-state index in [1.54, 1.807) is 11.8 Å². The number of aryl methyl sites for hydroxylation is 1. The minimum Gasteiger partial charge on any atom is -0.399 e. The van der Waals surface area contributed by atoms with Crippen LogP contribution in [-0.2, 0) is 4.79 Å². The van der Waals surface area contributed by atoms with Gasteiger partial charge in [-0.05, 0) is 43.5 Å². The first-order valence-electron chi connectivity index (χ1n) is 5.94. The Labute approximate surface area is 106 Å². The highest BCUT2D eigenvalue weighted by Crippen LogP contribution is 2.31. The number of nitrogens with two attached hydrogens (primary N) is 1. The average molecular weight is 250 g/mol. The Morgan fingerprint density at radius 2 is 2.29 bits per heavy atom. The normalized spacial score (nSPS) is 20.8. The van der Waals surface area contributed by atoms with Crippen molar-refractivity contribution in [2.24, 2.45) is 0 Å². The third-order valence-electron chi connectivity index (χ3n) is 2.98. The van der Waals surface area contributed by atoms with E-state index in [9.17, 15) is 4.79 Å². The van der Waals surface area contributed by atoms with E-state index in [1.165, 1.54) is 4.90 Å². The van der Waals surface area contributed by atoms with E-state index in [0.29, 0.717) is 11.7 Å². The number of amides is 1. The van der Waals surface area contributed by atoms with Crippen LogP contribution in [0.25, 0.3) is 0 Å². The van der Waals surface area contributed by atoms with Crippen molar-refractivity contribution < 1.29 is 4.79 Å². The summed E-state index contributed by atoms with van der Waals surface area (Å²) in [5.74, 6) is 0.173. The number of hydrogen-bond acceptors (Lipinski definition) is 3. The molecule has 1 aliphatic heterocycles. The van der Waals surface area contributed by atoms with Crippen LogP contribution in [0.15, 0.2) is 23.1 Å². The molecule has 0 aliphatic carbocycles. The highest BCUT2D eigenvalue weighted by Gasteiger charge is 2.18. The number of carbonyl (C=O) groups is 1. The van der Waals surface area contributed by atoms with Crippen molar-refractivity contribution in [3.05, 3.63) is 23.8 Å². The van der Waals surface area contributed by atoms with Crippen LogP contribution in [0, 0.1) is 6.92 Å². The molecule has 0 spiro atoms. The molecule has 1 fully saturated rings. The molecule has 17 heavy (non-hydrogen) atoms. The van der Waals surface area contributed by atoms with Gasteiger partial charge >= 0.3 is 0 Å². The quantitative estimate of drug-likeness (QED) is 0.792. The maximum Gasteiger partial charge on any atom is 0.221 e. The van der Waals surface area contributed by atoms with Crippen molar-refractivity contribution in [3.8, 4) is 0 Å². The van der Waals surface area contributed by atoms with Gasteiger partial charge in [0.25, 0.3) is 0 Å². The lowest BCUT2D eigenvalue weighted by Gasteiger charge is -2.13. The number of hydrogen-bond donors (Lipinski definition) is 2. The molecule has 1 saturated heterocycles. The number of carbonyl (C=O) groups excluding carboxylic acids is 1. The van der Waals surface area contributed by atoms with E-state index in [0.717, 1.165) is 30.6 Å². The van der Waals surface area contributed by atoms with E-state index in [4.69, 9.17) is 5.73 Å². The summed E-state index contributed by atoms with van der Waals surface area (Å²) in [6.45, 7) is 2.83. The van der Waals surface area contributed by atoms with Crippen molar-refractivity contribution >= 4 is 23.4 Å². The van der Waals surface area contributed by atoms with Crippen molar-refractivity contribution in [2.45, 2.75) is 36.3 Å². The molecule has 0 bridgehead atoms. The number of anilines is 1. The Hall–Kier alpha value is -1.16. The fourth-order valence-corrected chi connectivity index (χ4v) is 3.25. The molecule has 1 aromatic carbocycles. The average Bonchev–Trinajstić information content (AvgIpc) is 2.48. The standard InChI is InChI=1S/C13H18N2OS/c1-9-7-11(4-5-12(9)14)17-10-3-2-6-15-13(16)8-10/h4-5,7,10H,2-3,6,8,14H2,1H3,(H,15,16). The molecule has 92 valence electrons. The van der Waals surface area contributed by atoms with Crippen molar-refractivity contribution in [3.63, 3.8) is 0 Å². The first-order valence-corrected chi connectivity index (χ1v) is 6.82. The topological polar surface area (TPSA) is 55.1 Å². The van der Waals surface area contributed by atoms with Crippen LogP contribution in [-0.4, -0.2) is 17.7 Å². The zero-order valence-corrected chi connectivity index (χ0v) is 10.8. The number of benzene rings is 1. The first kappa shape index (κ1) is 12.3. The molecule has 2 rings (SSSR count). The highest BCUT2D eigenvalue weighted by atomic mass is 32.2. The molecule has 1 unspecified atom stereocenters. The maximum atomic E-state index is 11.5. The molecule has 1 atom stereocenters. The molecule has 0 saturated carbocycles. The molecule has 1 amide bonds. The van der Waals surface area contributed by atoms with Crippen LogP contribution in [0.4, 0.5) is 5.69 Å². The molecular formula is C13H18N2OS. The summed E-state index contributed by atoms with van der Waals surface area (Å²) < 4.78 is 0. The van der Waals surface area contributed by atoms with Crippen LogP contribution < -0.4 is 11.1 Å². The van der Waals surface area contributed by atoms with Crippen molar-refractivity contribution in [1.29, 1.82) is 0 Å². The van der Waals surface area contributed by atoms with Crippen molar-refractivity contribution in [1.82, 2.24) is 5.32 Å². The summed E-state index contributed by atoms with van der Waals surface area (Å²) >= 11 is 1.79. The number of rotatable bonds is 2. The lowest BCUT2D eigenvalue weighted by molar-refractivity contribution is -0.120. The molecule has 4 heteroatoms. The lowest BCUT2D eigenvalue weighted by Crippen LogP contribution is -2.22. The molecular weight excluding hydrogens is 232 g/mol. The molecule has 0 aromatic heterocycles. The largest absolute Gasteiger partial charge is 0.399 e. The third kappa shape index (κ3) is 3.40. The van der Waals surface area contributed by atoms with Gasteiger partial charge in [-0.1, -0.05) is 0 Å². The Balaban J connectivity index is 2.03. The van der Waals surface area contributed by atoms with E-state index >= 15 is 0 Å². The van der Waals surface area contributed by atoms with Gasteiger partial charge in [0.1, 0.15) is 0 Å².